The Balaban J connectivity index is 1.67. The van der Waals surface area contributed by atoms with Crippen molar-refractivity contribution >= 4 is 16.6 Å². The lowest BCUT2D eigenvalue weighted by molar-refractivity contribution is 0.609. The minimum atomic E-state index is -0.675. The maximum Gasteiger partial charge on any atom is 0.180 e. The van der Waals surface area contributed by atoms with Gasteiger partial charge in [0.1, 0.15) is 11.5 Å². The Hall–Kier alpha value is -1.82. The molecule has 2 fully saturated rings. The molecule has 2 aliphatic heterocycles. The fourth-order valence-corrected chi connectivity index (χ4v) is 5.42. The molecular weight excluding hydrogens is 308 g/mol. The van der Waals surface area contributed by atoms with Crippen molar-refractivity contribution in [3.63, 3.8) is 0 Å². The van der Waals surface area contributed by atoms with Gasteiger partial charge in [-0.25, -0.2) is 9.97 Å². The van der Waals surface area contributed by atoms with E-state index in [2.05, 4.69) is 14.9 Å². The summed E-state index contributed by atoms with van der Waals surface area (Å²) in [4.78, 5) is 15.9. The third-order valence-electron chi connectivity index (χ3n) is 4.67. The summed E-state index contributed by atoms with van der Waals surface area (Å²) >= 11 is 0. The molecular formula is C17H20N4OS. The molecule has 5 nitrogen and oxygen atoms in total. The van der Waals surface area contributed by atoms with Crippen LogP contribution in [-0.2, 0) is 10.8 Å². The number of aryl methyl sites for hydroxylation is 1. The average molecular weight is 328 g/mol. The average Bonchev–Trinajstić information content (AvgIpc) is 2.80. The highest BCUT2D eigenvalue weighted by molar-refractivity contribution is 7.86. The van der Waals surface area contributed by atoms with Gasteiger partial charge in [0.25, 0.3) is 0 Å². The Bertz CT molecular complexity index is 737. The van der Waals surface area contributed by atoms with Crippen molar-refractivity contribution < 1.29 is 4.21 Å². The summed E-state index contributed by atoms with van der Waals surface area (Å²) < 4.78 is 12.4. The van der Waals surface area contributed by atoms with E-state index in [1.54, 1.807) is 6.20 Å². The Morgan fingerprint density at radius 1 is 1.17 bits per heavy atom. The van der Waals surface area contributed by atoms with Gasteiger partial charge >= 0.3 is 0 Å². The van der Waals surface area contributed by atoms with Crippen LogP contribution >= 0.6 is 0 Å². The van der Waals surface area contributed by atoms with Gasteiger partial charge in [0.05, 0.1) is 5.25 Å². The number of rotatable bonds is 2. The number of pyridine rings is 1. The quantitative estimate of drug-likeness (QED) is 0.847. The highest BCUT2D eigenvalue weighted by Crippen LogP contribution is 2.31. The van der Waals surface area contributed by atoms with Crippen molar-refractivity contribution in [2.75, 3.05) is 18.0 Å². The first-order chi connectivity index (χ1) is 11.2. The van der Waals surface area contributed by atoms with Gasteiger partial charge in [0, 0.05) is 47.1 Å². The van der Waals surface area contributed by atoms with Crippen molar-refractivity contribution in [3.8, 4) is 11.5 Å². The van der Waals surface area contributed by atoms with E-state index in [4.69, 9.17) is 4.98 Å². The van der Waals surface area contributed by atoms with Crippen LogP contribution in [0.25, 0.3) is 11.5 Å². The molecule has 23 heavy (non-hydrogen) atoms. The largest absolute Gasteiger partial charge is 0.355 e. The van der Waals surface area contributed by atoms with E-state index >= 15 is 0 Å². The fraction of sp³-hybridized carbons (Fsp3) is 0.471. The van der Waals surface area contributed by atoms with Gasteiger partial charge < -0.3 is 4.90 Å². The maximum atomic E-state index is 12.4. The Morgan fingerprint density at radius 3 is 2.87 bits per heavy atom. The van der Waals surface area contributed by atoms with Gasteiger partial charge in [0.2, 0.25) is 0 Å². The zero-order valence-electron chi connectivity index (χ0n) is 13.2. The van der Waals surface area contributed by atoms with Crippen LogP contribution in [0.4, 0.5) is 5.82 Å². The third kappa shape index (κ3) is 2.87. The normalized spacial score (nSPS) is 27.0. The molecule has 0 aliphatic carbocycles. The Labute approximate surface area is 138 Å². The minimum absolute atomic E-state index is 0.288. The van der Waals surface area contributed by atoms with Gasteiger partial charge in [-0.1, -0.05) is 6.07 Å². The molecule has 2 bridgehead atoms. The van der Waals surface area contributed by atoms with Crippen LogP contribution in [0.15, 0.2) is 30.5 Å². The summed E-state index contributed by atoms with van der Waals surface area (Å²) in [5.74, 6) is 1.60. The van der Waals surface area contributed by atoms with Crippen LogP contribution in [0.5, 0.6) is 0 Å². The van der Waals surface area contributed by atoms with Crippen LogP contribution in [0.3, 0.4) is 0 Å². The van der Waals surface area contributed by atoms with E-state index in [9.17, 15) is 4.21 Å². The summed E-state index contributed by atoms with van der Waals surface area (Å²) in [5, 5.41) is 0.666. The van der Waals surface area contributed by atoms with Crippen molar-refractivity contribution in [1.29, 1.82) is 0 Å². The second-order valence-corrected chi connectivity index (χ2v) is 8.28. The molecule has 0 radical (unpaired) electrons. The molecule has 3 atom stereocenters. The smallest absolute Gasteiger partial charge is 0.180 e. The van der Waals surface area contributed by atoms with Crippen LogP contribution < -0.4 is 4.90 Å². The summed E-state index contributed by atoms with van der Waals surface area (Å²) in [6.45, 7) is 3.74. The van der Waals surface area contributed by atoms with E-state index in [1.807, 2.05) is 31.2 Å². The summed E-state index contributed by atoms with van der Waals surface area (Å²) in [6, 6.07) is 7.79. The Morgan fingerprint density at radius 2 is 2.04 bits per heavy atom. The molecule has 6 heteroatoms. The van der Waals surface area contributed by atoms with Gasteiger partial charge in [-0.2, -0.15) is 0 Å². The molecule has 0 N–H and O–H groups in total. The van der Waals surface area contributed by atoms with Crippen molar-refractivity contribution in [2.24, 2.45) is 0 Å². The maximum absolute atomic E-state index is 12.4. The lowest BCUT2D eigenvalue weighted by atomic mass is 10.1. The van der Waals surface area contributed by atoms with Crippen molar-refractivity contribution in [2.45, 2.75) is 36.7 Å². The number of hydrogen-bond donors (Lipinski definition) is 0. The molecule has 0 saturated carbocycles. The molecule has 2 aromatic heterocycles. The van der Waals surface area contributed by atoms with Gasteiger partial charge in [0.15, 0.2) is 5.82 Å². The summed E-state index contributed by atoms with van der Waals surface area (Å²) in [6.07, 6.45) is 4.94. The molecule has 2 aromatic rings. The number of fused-ring (bicyclic) bond motifs is 2. The van der Waals surface area contributed by atoms with Crippen LogP contribution in [0.1, 0.15) is 25.0 Å². The number of anilines is 1. The number of nitrogens with zero attached hydrogens (tertiary/aromatic N) is 4. The molecule has 2 aliphatic rings. The van der Waals surface area contributed by atoms with Gasteiger partial charge in [-0.3, -0.25) is 9.19 Å². The molecule has 2 saturated heterocycles. The fourth-order valence-electron chi connectivity index (χ4n) is 3.47. The van der Waals surface area contributed by atoms with Crippen molar-refractivity contribution in [1.82, 2.24) is 15.0 Å². The van der Waals surface area contributed by atoms with Crippen LogP contribution in [0.2, 0.25) is 0 Å². The minimum Gasteiger partial charge on any atom is -0.355 e. The first kappa shape index (κ1) is 14.8. The summed E-state index contributed by atoms with van der Waals surface area (Å²) in [7, 11) is -0.675. The van der Waals surface area contributed by atoms with Crippen LogP contribution in [0, 0.1) is 6.92 Å². The van der Waals surface area contributed by atoms with E-state index in [0.29, 0.717) is 11.1 Å². The lowest BCUT2D eigenvalue weighted by Crippen LogP contribution is -2.32. The molecule has 120 valence electrons. The highest BCUT2D eigenvalue weighted by atomic mass is 32.2. The Kier molecular flexibility index (Phi) is 3.85. The SMILES string of the molecule is Cc1cc(N2CCC3CCC(C2)S3=O)nc(-c2ccccn2)n1. The molecule has 0 spiro atoms. The first-order valence-electron chi connectivity index (χ1n) is 8.12. The topological polar surface area (TPSA) is 59.0 Å². The van der Waals surface area contributed by atoms with Gasteiger partial charge in [-0.05, 0) is 38.3 Å². The van der Waals surface area contributed by atoms with E-state index in [0.717, 1.165) is 49.6 Å². The number of aromatic nitrogens is 3. The lowest BCUT2D eigenvalue weighted by Gasteiger charge is -2.25. The predicted molar refractivity (Wildman–Crippen MR) is 91.8 cm³/mol. The first-order valence-corrected chi connectivity index (χ1v) is 9.40. The van der Waals surface area contributed by atoms with Gasteiger partial charge in [-0.15, -0.1) is 0 Å². The summed E-state index contributed by atoms with van der Waals surface area (Å²) in [5.41, 5.74) is 1.73. The zero-order valence-corrected chi connectivity index (χ0v) is 14.0. The molecule has 0 aromatic carbocycles. The molecule has 3 unspecified atom stereocenters. The molecule has 4 rings (SSSR count). The highest BCUT2D eigenvalue weighted by Gasteiger charge is 2.37. The van der Waals surface area contributed by atoms with E-state index < -0.39 is 10.8 Å². The zero-order chi connectivity index (χ0) is 15.8. The molecule has 0 amide bonds. The second kappa shape index (κ2) is 6.00. The second-order valence-electron chi connectivity index (χ2n) is 6.29. The predicted octanol–water partition coefficient (Wildman–Crippen LogP) is 2.34. The van der Waals surface area contributed by atoms with E-state index in [1.165, 1.54) is 0 Å². The van der Waals surface area contributed by atoms with Crippen molar-refractivity contribution in [3.05, 3.63) is 36.2 Å². The number of hydrogen-bond acceptors (Lipinski definition) is 5. The standard InChI is InChI=1S/C17H20N4OS/c1-12-10-16(20-17(19-12)15-4-2-3-8-18-15)21-9-7-13-5-6-14(11-21)23(13)22/h2-4,8,10,13-14H,5-7,9,11H2,1H3. The monoisotopic (exact) mass is 328 g/mol. The third-order valence-corrected chi connectivity index (χ3v) is 6.84. The molecule has 4 heterocycles. The van der Waals surface area contributed by atoms with Crippen LogP contribution in [-0.4, -0.2) is 42.8 Å². The van der Waals surface area contributed by atoms with E-state index in [-0.39, 0.29) is 5.25 Å².